The van der Waals surface area contributed by atoms with E-state index in [2.05, 4.69) is 0 Å². The number of carboxylic acid groups (broad SMARTS) is 2. The van der Waals surface area contributed by atoms with Crippen molar-refractivity contribution in [3.63, 3.8) is 0 Å². The smallest absolute Gasteiger partial charge is 0.384 e. The number of halogens is 8. The highest BCUT2D eigenvalue weighted by Gasteiger charge is 2.84. The Labute approximate surface area is 138 Å². The first-order valence-corrected chi connectivity index (χ1v) is 6.11. The predicted molar refractivity (Wildman–Crippen MR) is 65.1 cm³/mol. The first-order valence-electron chi connectivity index (χ1n) is 6.11. The monoisotopic (exact) mass is 402 g/mol. The average molecular weight is 402 g/mol. The minimum absolute atomic E-state index is 0.141. The van der Waals surface area contributed by atoms with Crippen molar-refractivity contribution >= 4 is 11.9 Å². The van der Waals surface area contributed by atoms with Crippen LogP contribution in [0.2, 0.25) is 0 Å². The van der Waals surface area contributed by atoms with Crippen molar-refractivity contribution < 1.29 is 65.1 Å². The van der Waals surface area contributed by atoms with Crippen LogP contribution in [0.1, 0.15) is 6.42 Å². The molecule has 0 bridgehead atoms. The Hall–Kier alpha value is -2.22. The van der Waals surface area contributed by atoms with Crippen LogP contribution in [0.15, 0.2) is 24.3 Å². The van der Waals surface area contributed by atoms with Crippen LogP contribution in [0.3, 0.4) is 0 Å². The first kappa shape index (κ1) is 23.8. The molecule has 4 N–H and O–H groups in total. The molecule has 0 aliphatic carbocycles. The van der Waals surface area contributed by atoms with Crippen LogP contribution in [0.4, 0.5) is 35.1 Å². The maximum Gasteiger partial charge on any atom is 0.384 e. The summed E-state index contributed by atoms with van der Waals surface area (Å²) in [6.07, 6.45) is -4.19. The average Bonchev–Trinajstić information content (AvgIpc) is 2.43. The molecule has 0 saturated carbocycles. The van der Waals surface area contributed by atoms with Crippen molar-refractivity contribution in [1.29, 1.82) is 0 Å². The van der Waals surface area contributed by atoms with E-state index in [1.54, 1.807) is 0 Å². The molecule has 0 heterocycles. The first-order chi connectivity index (χ1) is 11.3. The van der Waals surface area contributed by atoms with Crippen molar-refractivity contribution in [2.24, 2.45) is 0 Å². The third-order valence-corrected chi connectivity index (χ3v) is 2.80. The molecule has 26 heavy (non-hydrogen) atoms. The van der Waals surface area contributed by atoms with Crippen molar-refractivity contribution in [3.05, 3.63) is 24.3 Å². The standard InChI is InChI=1S/C12H10F8O6/c13-8(14,4-1-2-6(21)22)10(15,16)12(19,20)11(17,18)9(25,26)5-3-7(23)24/h1-3,5,25-26H,4H2,(H,21,22)(H,23,24). The van der Waals surface area contributed by atoms with Crippen molar-refractivity contribution in [3.8, 4) is 0 Å². The lowest BCUT2D eigenvalue weighted by Crippen LogP contribution is -2.68. The lowest BCUT2D eigenvalue weighted by Gasteiger charge is -2.40. The number of rotatable bonds is 9. The van der Waals surface area contributed by atoms with Crippen LogP contribution < -0.4 is 0 Å². The summed E-state index contributed by atoms with van der Waals surface area (Å²) in [7, 11) is 0. The number of alkyl halides is 8. The minimum atomic E-state index is -7.10. The number of hydrogen-bond donors (Lipinski definition) is 4. The Kier molecular flexibility index (Phi) is 6.57. The van der Waals surface area contributed by atoms with Gasteiger partial charge in [0, 0.05) is 18.6 Å². The van der Waals surface area contributed by atoms with Crippen molar-refractivity contribution in [1.82, 2.24) is 0 Å². The SMILES string of the molecule is O=C(O)C=CCC(F)(F)C(F)(F)C(F)(F)C(F)(F)C(O)(O)C=CC(=O)O. The number of allylic oxidation sites excluding steroid dienone is 1. The van der Waals surface area contributed by atoms with Crippen LogP contribution in [0.5, 0.6) is 0 Å². The molecule has 0 fully saturated rings. The molecular formula is C12H10F8O6. The van der Waals surface area contributed by atoms with Gasteiger partial charge in [0.05, 0.1) is 0 Å². The second-order valence-corrected chi connectivity index (χ2v) is 4.77. The highest BCUT2D eigenvalue weighted by atomic mass is 19.4. The molecule has 6 nitrogen and oxygen atoms in total. The molecule has 0 amide bonds. The van der Waals surface area contributed by atoms with Crippen LogP contribution >= 0.6 is 0 Å². The largest absolute Gasteiger partial charge is 0.478 e. The number of carboxylic acids is 2. The Morgan fingerprint density at radius 1 is 0.731 bits per heavy atom. The van der Waals surface area contributed by atoms with Gasteiger partial charge in [-0.3, -0.25) is 0 Å². The quantitative estimate of drug-likeness (QED) is 0.266. The summed E-state index contributed by atoms with van der Waals surface area (Å²) in [5.74, 6) is -36.0. The van der Waals surface area contributed by atoms with E-state index in [-0.39, 0.29) is 12.2 Å². The zero-order valence-electron chi connectivity index (χ0n) is 12.1. The highest BCUT2D eigenvalue weighted by molar-refractivity contribution is 5.80. The van der Waals surface area contributed by atoms with E-state index >= 15 is 0 Å². The molecule has 0 aromatic rings. The minimum Gasteiger partial charge on any atom is -0.478 e. The van der Waals surface area contributed by atoms with E-state index in [4.69, 9.17) is 20.4 Å². The van der Waals surface area contributed by atoms with Gasteiger partial charge < -0.3 is 20.4 Å². The lowest BCUT2D eigenvalue weighted by molar-refractivity contribution is -0.413. The van der Waals surface area contributed by atoms with E-state index in [1.165, 1.54) is 0 Å². The highest BCUT2D eigenvalue weighted by Crippen LogP contribution is 2.56. The maximum absolute atomic E-state index is 13.5. The molecule has 0 aromatic heterocycles. The normalized spacial score (nSPS) is 15.0. The van der Waals surface area contributed by atoms with E-state index in [1.807, 2.05) is 0 Å². The summed E-state index contributed by atoms with van der Waals surface area (Å²) in [5.41, 5.74) is 0. The van der Waals surface area contributed by atoms with Crippen LogP contribution in [0, 0.1) is 0 Å². The number of hydrogen-bond acceptors (Lipinski definition) is 4. The Morgan fingerprint density at radius 2 is 1.15 bits per heavy atom. The van der Waals surface area contributed by atoms with Gasteiger partial charge in [-0.1, -0.05) is 6.08 Å². The third-order valence-electron chi connectivity index (χ3n) is 2.80. The zero-order valence-corrected chi connectivity index (χ0v) is 12.1. The molecule has 0 aliphatic rings. The summed E-state index contributed by atoms with van der Waals surface area (Å²) < 4.78 is 107. The number of carbonyl (C=O) groups is 2. The molecule has 0 spiro atoms. The van der Waals surface area contributed by atoms with Gasteiger partial charge in [-0.05, 0) is 6.08 Å². The molecule has 0 aliphatic heterocycles. The molecule has 0 saturated heterocycles. The van der Waals surface area contributed by atoms with E-state index in [0.29, 0.717) is 0 Å². The summed E-state index contributed by atoms with van der Waals surface area (Å²) in [6, 6.07) is 0. The van der Waals surface area contributed by atoms with Crippen LogP contribution in [-0.4, -0.2) is 61.8 Å². The van der Waals surface area contributed by atoms with Crippen LogP contribution in [0.25, 0.3) is 0 Å². The maximum atomic E-state index is 13.5. The van der Waals surface area contributed by atoms with Crippen molar-refractivity contribution in [2.45, 2.75) is 35.9 Å². The molecule has 150 valence electrons. The zero-order chi connectivity index (χ0) is 21.2. The van der Waals surface area contributed by atoms with Gasteiger partial charge in [0.15, 0.2) is 0 Å². The van der Waals surface area contributed by atoms with Gasteiger partial charge in [0.25, 0.3) is 5.79 Å². The fourth-order valence-corrected chi connectivity index (χ4v) is 1.39. The van der Waals surface area contributed by atoms with E-state index < -0.39 is 60.0 Å². The van der Waals surface area contributed by atoms with Gasteiger partial charge in [0.2, 0.25) is 0 Å². The second-order valence-electron chi connectivity index (χ2n) is 4.77. The summed E-state index contributed by atoms with van der Waals surface area (Å²) in [6.45, 7) is 0. The third kappa shape index (κ3) is 4.30. The molecule has 0 radical (unpaired) electrons. The van der Waals surface area contributed by atoms with Gasteiger partial charge in [-0.15, -0.1) is 0 Å². The summed E-state index contributed by atoms with van der Waals surface area (Å²) in [4.78, 5) is 20.1. The molecular weight excluding hydrogens is 392 g/mol. The number of aliphatic carboxylic acids is 2. The van der Waals surface area contributed by atoms with Gasteiger partial charge in [-0.25, -0.2) is 9.59 Å². The van der Waals surface area contributed by atoms with E-state index in [0.717, 1.165) is 0 Å². The predicted octanol–water partition coefficient (Wildman–Crippen LogP) is 1.88. The molecule has 0 aromatic carbocycles. The van der Waals surface area contributed by atoms with Crippen molar-refractivity contribution in [2.75, 3.05) is 0 Å². The lowest BCUT2D eigenvalue weighted by atomic mass is 9.91. The number of aliphatic hydroxyl groups is 2. The summed E-state index contributed by atoms with van der Waals surface area (Å²) in [5, 5.41) is 33.8. The molecule has 0 unspecified atom stereocenters. The van der Waals surface area contributed by atoms with E-state index in [9.17, 15) is 44.7 Å². The molecule has 0 atom stereocenters. The van der Waals surface area contributed by atoms with Gasteiger partial charge in [0.1, 0.15) is 0 Å². The molecule has 14 heteroatoms. The van der Waals surface area contributed by atoms with Gasteiger partial charge >= 0.3 is 35.6 Å². The fourth-order valence-electron chi connectivity index (χ4n) is 1.39. The fraction of sp³-hybridized carbons (Fsp3) is 0.500. The summed E-state index contributed by atoms with van der Waals surface area (Å²) >= 11 is 0. The Balaban J connectivity index is 6.00. The Bertz CT molecular complexity index is 611. The van der Waals surface area contributed by atoms with Crippen LogP contribution in [-0.2, 0) is 9.59 Å². The Morgan fingerprint density at radius 3 is 1.54 bits per heavy atom. The molecule has 0 rings (SSSR count). The second kappa shape index (κ2) is 7.19. The topological polar surface area (TPSA) is 115 Å². The van der Waals surface area contributed by atoms with Gasteiger partial charge in [-0.2, -0.15) is 35.1 Å².